The van der Waals surface area contributed by atoms with Crippen molar-refractivity contribution in [1.29, 1.82) is 0 Å². The topological polar surface area (TPSA) is 89.9 Å². The molecule has 1 heterocycles. The third kappa shape index (κ3) is 5.47. The Hall–Kier alpha value is -2.05. The standard InChI is InChI=1S/C21H28O6/c1-5-26-18-11-15(22)10-14(12(2)3)6-7-16-20(24)19(27-21(16)25)9-13(4)8-17(18)23/h7-8,14,18-20,24H,2,5-6,9-11H2,1,3-4H3/b13-8-,16-7?/t14-,18-,19+,20-/m0/s1. The normalized spacial score (nSPS) is 32.2. The Labute approximate surface area is 159 Å². The van der Waals surface area contributed by atoms with Gasteiger partial charge in [0.25, 0.3) is 0 Å². The molecule has 6 heteroatoms. The van der Waals surface area contributed by atoms with Gasteiger partial charge in [0.05, 0.1) is 5.57 Å². The number of allylic oxidation sites excluding steroid dienone is 2. The summed E-state index contributed by atoms with van der Waals surface area (Å²) in [6, 6.07) is 0. The first-order valence-electron chi connectivity index (χ1n) is 9.31. The Bertz CT molecular complexity index is 687. The number of hydrogen-bond acceptors (Lipinski definition) is 6. The monoisotopic (exact) mass is 376 g/mol. The number of aliphatic hydroxyl groups excluding tert-OH is 1. The minimum Gasteiger partial charge on any atom is -0.455 e. The van der Waals surface area contributed by atoms with E-state index >= 15 is 0 Å². The number of rotatable bonds is 3. The van der Waals surface area contributed by atoms with Gasteiger partial charge in [-0.3, -0.25) is 9.59 Å². The number of aliphatic hydroxyl groups is 1. The average Bonchev–Trinajstić information content (AvgIpc) is 2.83. The Morgan fingerprint density at radius 1 is 1.30 bits per heavy atom. The van der Waals surface area contributed by atoms with Crippen LogP contribution < -0.4 is 0 Å². The van der Waals surface area contributed by atoms with Crippen molar-refractivity contribution in [1.82, 2.24) is 0 Å². The van der Waals surface area contributed by atoms with Crippen molar-refractivity contribution < 1.29 is 29.0 Å². The summed E-state index contributed by atoms with van der Waals surface area (Å²) in [5, 5.41) is 10.4. The van der Waals surface area contributed by atoms with E-state index in [1.165, 1.54) is 6.08 Å². The van der Waals surface area contributed by atoms with Gasteiger partial charge in [-0.05, 0) is 39.2 Å². The van der Waals surface area contributed by atoms with Gasteiger partial charge < -0.3 is 14.6 Å². The smallest absolute Gasteiger partial charge is 0.336 e. The van der Waals surface area contributed by atoms with Gasteiger partial charge in [0.15, 0.2) is 5.78 Å². The van der Waals surface area contributed by atoms with Crippen LogP contribution in [0.3, 0.4) is 0 Å². The lowest BCUT2D eigenvalue weighted by atomic mass is 9.88. The van der Waals surface area contributed by atoms with Crippen molar-refractivity contribution in [3.05, 3.63) is 35.5 Å². The zero-order valence-corrected chi connectivity index (χ0v) is 16.2. The first-order chi connectivity index (χ1) is 12.7. The highest BCUT2D eigenvalue weighted by Gasteiger charge is 2.38. The maximum atomic E-state index is 12.5. The van der Waals surface area contributed by atoms with Crippen LogP contribution in [0.5, 0.6) is 0 Å². The molecular weight excluding hydrogens is 348 g/mol. The second-order valence-corrected chi connectivity index (χ2v) is 7.32. The van der Waals surface area contributed by atoms with Gasteiger partial charge >= 0.3 is 5.97 Å². The van der Waals surface area contributed by atoms with Crippen LogP contribution in [-0.4, -0.2) is 47.6 Å². The SMILES string of the molecule is C=C(C)[C@H]1CC=C2C(=O)O[C@H](C/C(C)=C\C(=O)[C@@H](OCC)CC(=O)C1)[C@H]2O. The molecule has 0 unspecified atom stereocenters. The molecule has 2 rings (SSSR count). The molecule has 2 aliphatic rings. The first-order valence-corrected chi connectivity index (χ1v) is 9.31. The van der Waals surface area contributed by atoms with Crippen LogP contribution in [-0.2, 0) is 23.9 Å². The van der Waals surface area contributed by atoms with Crippen LogP contribution in [0.4, 0.5) is 0 Å². The zero-order chi connectivity index (χ0) is 20.1. The predicted molar refractivity (Wildman–Crippen MR) is 99.9 cm³/mol. The Balaban J connectivity index is 2.36. The molecule has 4 atom stereocenters. The summed E-state index contributed by atoms with van der Waals surface area (Å²) in [7, 11) is 0. The fourth-order valence-corrected chi connectivity index (χ4v) is 3.40. The molecule has 0 saturated carbocycles. The lowest BCUT2D eigenvalue weighted by Gasteiger charge is -2.19. The van der Waals surface area contributed by atoms with E-state index in [0.29, 0.717) is 18.6 Å². The summed E-state index contributed by atoms with van der Waals surface area (Å²) in [6.07, 6.45) is 1.32. The number of hydrogen-bond donors (Lipinski definition) is 1. The van der Waals surface area contributed by atoms with Crippen LogP contribution in [0.25, 0.3) is 0 Å². The summed E-state index contributed by atoms with van der Waals surface area (Å²) in [4.78, 5) is 37.2. The Morgan fingerprint density at radius 3 is 2.63 bits per heavy atom. The van der Waals surface area contributed by atoms with E-state index in [9.17, 15) is 19.5 Å². The summed E-state index contributed by atoms with van der Waals surface area (Å²) >= 11 is 0. The van der Waals surface area contributed by atoms with Crippen molar-refractivity contribution in [2.75, 3.05) is 6.61 Å². The molecule has 148 valence electrons. The molecule has 0 amide bonds. The van der Waals surface area contributed by atoms with Crippen molar-refractivity contribution in [3.63, 3.8) is 0 Å². The maximum Gasteiger partial charge on any atom is 0.336 e. The molecule has 1 fully saturated rings. The van der Waals surface area contributed by atoms with Crippen molar-refractivity contribution in [2.24, 2.45) is 5.92 Å². The molecule has 0 aromatic heterocycles. The number of ketones is 2. The fraction of sp³-hybridized carbons (Fsp3) is 0.571. The molecule has 0 aromatic rings. The Morgan fingerprint density at radius 2 is 2.00 bits per heavy atom. The largest absolute Gasteiger partial charge is 0.455 e. The number of Topliss-reactive ketones (excluding diaryl/α,β-unsaturated/α-hetero) is 1. The van der Waals surface area contributed by atoms with Gasteiger partial charge in [-0.25, -0.2) is 4.79 Å². The molecule has 2 bridgehead atoms. The van der Waals surface area contributed by atoms with Crippen LogP contribution in [0.2, 0.25) is 0 Å². The molecular formula is C21H28O6. The van der Waals surface area contributed by atoms with Crippen molar-refractivity contribution in [3.8, 4) is 0 Å². The maximum absolute atomic E-state index is 12.5. The highest BCUT2D eigenvalue weighted by Crippen LogP contribution is 2.29. The van der Waals surface area contributed by atoms with E-state index < -0.39 is 24.3 Å². The van der Waals surface area contributed by atoms with E-state index in [1.807, 2.05) is 6.92 Å². The van der Waals surface area contributed by atoms with Gasteiger partial charge in [0, 0.05) is 25.9 Å². The second kappa shape index (κ2) is 9.24. The van der Waals surface area contributed by atoms with Crippen molar-refractivity contribution in [2.45, 2.75) is 64.8 Å². The Kier molecular flexibility index (Phi) is 7.27. The summed E-state index contributed by atoms with van der Waals surface area (Å²) in [6.45, 7) is 9.58. The fourth-order valence-electron chi connectivity index (χ4n) is 3.40. The first kappa shape index (κ1) is 21.3. The third-order valence-corrected chi connectivity index (χ3v) is 4.97. The number of esters is 1. The van der Waals surface area contributed by atoms with Crippen molar-refractivity contribution >= 4 is 17.5 Å². The van der Waals surface area contributed by atoms with Crippen LogP contribution >= 0.6 is 0 Å². The average molecular weight is 376 g/mol. The lowest BCUT2D eigenvalue weighted by molar-refractivity contribution is -0.139. The van der Waals surface area contributed by atoms with E-state index in [-0.39, 0.29) is 42.3 Å². The van der Waals surface area contributed by atoms with E-state index in [0.717, 1.165) is 5.57 Å². The molecule has 0 radical (unpaired) electrons. The molecule has 1 N–H and O–H groups in total. The minimum atomic E-state index is -1.05. The highest BCUT2D eigenvalue weighted by molar-refractivity contribution is 5.97. The minimum absolute atomic E-state index is 0.0122. The predicted octanol–water partition coefficient (Wildman–Crippen LogP) is 2.46. The molecule has 0 aromatic carbocycles. The summed E-state index contributed by atoms with van der Waals surface area (Å²) < 4.78 is 10.8. The highest BCUT2D eigenvalue weighted by atomic mass is 16.6. The third-order valence-electron chi connectivity index (χ3n) is 4.97. The van der Waals surface area contributed by atoms with Crippen LogP contribution in [0, 0.1) is 5.92 Å². The number of ether oxygens (including phenoxy) is 2. The quantitative estimate of drug-likeness (QED) is 0.601. The lowest BCUT2D eigenvalue weighted by Crippen LogP contribution is -2.28. The van der Waals surface area contributed by atoms with Crippen LogP contribution in [0.1, 0.15) is 46.5 Å². The number of carbonyl (C=O) groups excluding carboxylic acids is 3. The zero-order valence-electron chi connectivity index (χ0n) is 16.2. The van der Waals surface area contributed by atoms with Gasteiger partial charge in [0.1, 0.15) is 24.1 Å². The molecule has 0 spiro atoms. The van der Waals surface area contributed by atoms with Gasteiger partial charge in [-0.2, -0.15) is 0 Å². The van der Waals surface area contributed by atoms with E-state index in [2.05, 4.69) is 6.58 Å². The molecule has 1 saturated heterocycles. The summed E-state index contributed by atoms with van der Waals surface area (Å²) in [5.41, 5.74) is 1.67. The van der Waals surface area contributed by atoms with Gasteiger partial charge in [0.2, 0.25) is 0 Å². The van der Waals surface area contributed by atoms with Crippen LogP contribution in [0.15, 0.2) is 35.5 Å². The van der Waals surface area contributed by atoms with E-state index in [4.69, 9.17) is 9.47 Å². The molecule has 6 nitrogen and oxygen atoms in total. The second-order valence-electron chi connectivity index (χ2n) is 7.32. The molecule has 1 aliphatic heterocycles. The number of fused-ring (bicyclic) bond motifs is 2. The molecule has 1 aliphatic carbocycles. The van der Waals surface area contributed by atoms with Gasteiger partial charge in [-0.1, -0.05) is 23.8 Å². The molecule has 27 heavy (non-hydrogen) atoms. The van der Waals surface area contributed by atoms with E-state index in [1.54, 1.807) is 19.9 Å². The summed E-state index contributed by atoms with van der Waals surface area (Å²) in [5.74, 6) is -1.12. The number of carbonyl (C=O) groups is 3. The van der Waals surface area contributed by atoms with Gasteiger partial charge in [-0.15, -0.1) is 0 Å².